The molecule has 1 fully saturated rings. The quantitative estimate of drug-likeness (QED) is 0.669. The average Bonchev–Trinajstić information content (AvgIpc) is 2.73. The second-order valence-corrected chi connectivity index (χ2v) is 5.72. The zero-order valence-electron chi connectivity index (χ0n) is 13.8. The number of carbonyl (C=O) groups excluding carboxylic acids is 1. The van der Waals surface area contributed by atoms with Gasteiger partial charge in [-0.15, -0.1) is 0 Å². The maximum atomic E-state index is 12.4. The number of carbonyl (C=O) groups is 1. The highest BCUT2D eigenvalue weighted by atomic mass is 16.2. The molecule has 0 saturated carbocycles. The summed E-state index contributed by atoms with van der Waals surface area (Å²) in [6, 6.07) is 0.0602. The molecule has 2 atom stereocenters. The van der Waals surface area contributed by atoms with Gasteiger partial charge in [0, 0.05) is 6.54 Å². The van der Waals surface area contributed by atoms with Crippen molar-refractivity contribution in [2.45, 2.75) is 72.0 Å². The summed E-state index contributed by atoms with van der Waals surface area (Å²) in [6.07, 6.45) is 5.56. The van der Waals surface area contributed by atoms with Crippen molar-refractivity contribution in [3.63, 3.8) is 0 Å². The Morgan fingerprint density at radius 2 is 1.75 bits per heavy atom. The molecule has 1 rings (SSSR count). The molecule has 0 aromatic carbocycles. The summed E-state index contributed by atoms with van der Waals surface area (Å²) < 4.78 is 0. The Kier molecular flexibility index (Phi) is 8.15. The van der Waals surface area contributed by atoms with Gasteiger partial charge in [0.2, 0.25) is 5.91 Å². The minimum absolute atomic E-state index is 0.0602. The molecule has 0 spiro atoms. The van der Waals surface area contributed by atoms with Crippen molar-refractivity contribution >= 4 is 5.91 Å². The SMILES string of the molecule is CCCC1NC(CCC)N(CCCN(CC)CC)C1=O. The minimum Gasteiger partial charge on any atom is -0.326 e. The summed E-state index contributed by atoms with van der Waals surface area (Å²) in [4.78, 5) is 17.0. The third-order valence-corrected chi connectivity index (χ3v) is 4.26. The summed E-state index contributed by atoms with van der Waals surface area (Å²) >= 11 is 0. The zero-order valence-corrected chi connectivity index (χ0v) is 13.8. The second-order valence-electron chi connectivity index (χ2n) is 5.72. The van der Waals surface area contributed by atoms with E-state index in [9.17, 15) is 4.79 Å². The van der Waals surface area contributed by atoms with Gasteiger partial charge in [-0.05, 0) is 38.9 Å². The topological polar surface area (TPSA) is 35.6 Å². The van der Waals surface area contributed by atoms with Crippen LogP contribution in [0.15, 0.2) is 0 Å². The first-order chi connectivity index (χ1) is 9.67. The van der Waals surface area contributed by atoms with Gasteiger partial charge in [-0.2, -0.15) is 0 Å². The first-order valence-corrected chi connectivity index (χ1v) is 8.46. The predicted molar refractivity (Wildman–Crippen MR) is 84.6 cm³/mol. The Hall–Kier alpha value is -0.610. The number of rotatable bonds is 10. The fourth-order valence-corrected chi connectivity index (χ4v) is 3.03. The van der Waals surface area contributed by atoms with Crippen molar-refractivity contribution in [2.75, 3.05) is 26.2 Å². The molecular formula is C16H33N3O. The third kappa shape index (κ3) is 4.74. The zero-order chi connectivity index (χ0) is 15.0. The van der Waals surface area contributed by atoms with Gasteiger partial charge in [0.1, 0.15) is 0 Å². The highest BCUT2D eigenvalue weighted by molar-refractivity contribution is 5.84. The van der Waals surface area contributed by atoms with Gasteiger partial charge in [-0.1, -0.05) is 40.5 Å². The van der Waals surface area contributed by atoms with Crippen LogP contribution in [0.5, 0.6) is 0 Å². The summed E-state index contributed by atoms with van der Waals surface area (Å²) in [6.45, 7) is 12.9. The van der Waals surface area contributed by atoms with Crippen LogP contribution in [0.4, 0.5) is 0 Å². The molecule has 0 aromatic rings. The van der Waals surface area contributed by atoms with E-state index in [2.05, 4.69) is 42.8 Å². The van der Waals surface area contributed by atoms with Crippen LogP contribution in [-0.2, 0) is 4.79 Å². The van der Waals surface area contributed by atoms with Crippen molar-refractivity contribution in [3.8, 4) is 0 Å². The molecule has 118 valence electrons. The maximum Gasteiger partial charge on any atom is 0.241 e. The molecule has 20 heavy (non-hydrogen) atoms. The largest absolute Gasteiger partial charge is 0.326 e. The molecule has 4 nitrogen and oxygen atoms in total. The summed E-state index contributed by atoms with van der Waals surface area (Å²) in [5, 5.41) is 3.52. The van der Waals surface area contributed by atoms with E-state index in [1.165, 1.54) is 0 Å². The molecule has 0 aliphatic carbocycles. The van der Waals surface area contributed by atoms with E-state index >= 15 is 0 Å². The van der Waals surface area contributed by atoms with Crippen LogP contribution in [0.2, 0.25) is 0 Å². The molecule has 0 aromatic heterocycles. The predicted octanol–water partition coefficient (Wildman–Crippen LogP) is 2.45. The van der Waals surface area contributed by atoms with Gasteiger partial charge in [0.05, 0.1) is 12.2 Å². The molecule has 1 saturated heterocycles. The normalized spacial score (nSPS) is 23.1. The number of hydrogen-bond acceptors (Lipinski definition) is 3. The summed E-state index contributed by atoms with van der Waals surface area (Å²) in [5.41, 5.74) is 0. The Bertz CT molecular complexity index is 279. The lowest BCUT2D eigenvalue weighted by Crippen LogP contribution is -2.39. The number of hydrogen-bond donors (Lipinski definition) is 1. The van der Waals surface area contributed by atoms with Crippen LogP contribution in [0.3, 0.4) is 0 Å². The Morgan fingerprint density at radius 1 is 1.10 bits per heavy atom. The van der Waals surface area contributed by atoms with E-state index in [4.69, 9.17) is 0 Å². The van der Waals surface area contributed by atoms with E-state index in [1.54, 1.807) is 0 Å². The highest BCUT2D eigenvalue weighted by Gasteiger charge is 2.36. The van der Waals surface area contributed by atoms with Gasteiger partial charge in [-0.25, -0.2) is 0 Å². The number of nitrogens with zero attached hydrogens (tertiary/aromatic N) is 2. The van der Waals surface area contributed by atoms with Crippen LogP contribution in [0.1, 0.15) is 59.8 Å². The van der Waals surface area contributed by atoms with Gasteiger partial charge < -0.3 is 9.80 Å². The van der Waals surface area contributed by atoms with Crippen LogP contribution in [0.25, 0.3) is 0 Å². The monoisotopic (exact) mass is 283 g/mol. The summed E-state index contributed by atoms with van der Waals surface area (Å²) in [5.74, 6) is 0.324. The molecule has 1 amide bonds. The fourth-order valence-electron chi connectivity index (χ4n) is 3.03. The van der Waals surface area contributed by atoms with Crippen molar-refractivity contribution in [2.24, 2.45) is 0 Å². The summed E-state index contributed by atoms with van der Waals surface area (Å²) in [7, 11) is 0. The van der Waals surface area contributed by atoms with E-state index < -0.39 is 0 Å². The first-order valence-electron chi connectivity index (χ1n) is 8.46. The lowest BCUT2D eigenvalue weighted by Gasteiger charge is -2.25. The Balaban J connectivity index is 2.48. The van der Waals surface area contributed by atoms with Crippen LogP contribution in [0, 0.1) is 0 Å². The number of amides is 1. The van der Waals surface area contributed by atoms with Crippen molar-refractivity contribution in [1.29, 1.82) is 0 Å². The minimum atomic E-state index is 0.0602. The third-order valence-electron chi connectivity index (χ3n) is 4.26. The average molecular weight is 283 g/mol. The van der Waals surface area contributed by atoms with E-state index in [0.29, 0.717) is 5.91 Å². The molecule has 0 bridgehead atoms. The fraction of sp³-hybridized carbons (Fsp3) is 0.938. The van der Waals surface area contributed by atoms with Crippen LogP contribution in [-0.4, -0.2) is 54.1 Å². The van der Waals surface area contributed by atoms with Gasteiger partial charge in [0.25, 0.3) is 0 Å². The van der Waals surface area contributed by atoms with E-state index in [0.717, 1.165) is 58.3 Å². The second kappa shape index (κ2) is 9.35. The van der Waals surface area contributed by atoms with Gasteiger partial charge >= 0.3 is 0 Å². The molecular weight excluding hydrogens is 250 g/mol. The molecule has 0 radical (unpaired) electrons. The first kappa shape index (κ1) is 17.4. The van der Waals surface area contributed by atoms with Crippen molar-refractivity contribution in [3.05, 3.63) is 0 Å². The lowest BCUT2D eigenvalue weighted by atomic mass is 10.1. The lowest BCUT2D eigenvalue weighted by molar-refractivity contribution is -0.130. The van der Waals surface area contributed by atoms with Crippen LogP contribution >= 0.6 is 0 Å². The molecule has 4 heteroatoms. The van der Waals surface area contributed by atoms with Gasteiger partial charge in [0.15, 0.2) is 0 Å². The van der Waals surface area contributed by atoms with E-state index in [1.807, 2.05) is 0 Å². The molecule has 1 heterocycles. The highest BCUT2D eigenvalue weighted by Crippen LogP contribution is 2.18. The van der Waals surface area contributed by atoms with Crippen molar-refractivity contribution < 1.29 is 4.79 Å². The van der Waals surface area contributed by atoms with Crippen molar-refractivity contribution in [1.82, 2.24) is 15.1 Å². The smallest absolute Gasteiger partial charge is 0.241 e. The van der Waals surface area contributed by atoms with E-state index in [-0.39, 0.29) is 12.2 Å². The molecule has 1 aliphatic rings. The molecule has 1 N–H and O–H groups in total. The van der Waals surface area contributed by atoms with Gasteiger partial charge in [-0.3, -0.25) is 10.1 Å². The molecule has 1 aliphatic heterocycles. The maximum absolute atomic E-state index is 12.4. The molecule has 2 unspecified atom stereocenters. The van der Waals surface area contributed by atoms with Crippen LogP contribution < -0.4 is 5.32 Å². The Labute approximate surface area is 124 Å². The standard InChI is InChI=1S/C16H33N3O/c1-5-10-14-16(20)19(15(17-14)11-6-2)13-9-12-18(7-3)8-4/h14-15,17H,5-13H2,1-4H3. The number of nitrogens with one attached hydrogen (secondary N) is 1. The Morgan fingerprint density at radius 3 is 2.30 bits per heavy atom.